The van der Waals surface area contributed by atoms with Gasteiger partial charge in [-0.05, 0) is 27.6 Å². The molecule has 3 rings (SSSR count). The highest BCUT2D eigenvalue weighted by Crippen LogP contribution is 2.31. The van der Waals surface area contributed by atoms with Gasteiger partial charge in [0.25, 0.3) is 0 Å². The van der Waals surface area contributed by atoms with E-state index in [-0.39, 0.29) is 6.61 Å². The van der Waals surface area contributed by atoms with Crippen molar-refractivity contribution in [2.45, 2.75) is 6.54 Å². The molecular formula is C15H19BrN2OS. The third-order valence-corrected chi connectivity index (χ3v) is 5.72. The van der Waals surface area contributed by atoms with Crippen molar-refractivity contribution in [2.24, 2.45) is 5.92 Å². The molecule has 108 valence electrons. The van der Waals surface area contributed by atoms with Gasteiger partial charge in [0, 0.05) is 65.2 Å². The molecular weight excluding hydrogens is 336 g/mol. The van der Waals surface area contributed by atoms with E-state index in [0.717, 1.165) is 32.7 Å². The minimum atomic E-state index is 0.264. The van der Waals surface area contributed by atoms with E-state index in [1.54, 1.807) is 11.3 Å². The van der Waals surface area contributed by atoms with Crippen LogP contribution >= 0.6 is 27.3 Å². The summed E-state index contributed by atoms with van der Waals surface area (Å²) in [5.74, 6) is 0.345. The molecule has 1 fully saturated rings. The second-order valence-corrected chi connectivity index (χ2v) is 7.17. The first-order valence-electron chi connectivity index (χ1n) is 6.96. The number of nitrogens with zero attached hydrogens (tertiary/aromatic N) is 1. The van der Waals surface area contributed by atoms with Crippen LogP contribution in [0.1, 0.15) is 5.56 Å². The Kier molecular flexibility index (Phi) is 4.73. The average molecular weight is 355 g/mol. The summed E-state index contributed by atoms with van der Waals surface area (Å²) in [7, 11) is 0. The predicted octanol–water partition coefficient (Wildman–Crippen LogP) is 2.68. The van der Waals surface area contributed by atoms with Gasteiger partial charge in [0.2, 0.25) is 0 Å². The third-order valence-electron chi connectivity index (χ3n) is 3.81. The highest BCUT2D eigenvalue weighted by Gasteiger charge is 2.17. The number of thiophene rings is 1. The Labute approximate surface area is 131 Å². The Morgan fingerprint density at radius 2 is 2.35 bits per heavy atom. The van der Waals surface area contributed by atoms with Crippen molar-refractivity contribution in [3.05, 3.63) is 33.6 Å². The molecule has 1 aliphatic heterocycles. The number of halogens is 1. The normalized spacial score (nSPS) is 21.2. The molecule has 0 saturated carbocycles. The van der Waals surface area contributed by atoms with Gasteiger partial charge in [-0.15, -0.1) is 11.3 Å². The molecule has 0 amide bonds. The van der Waals surface area contributed by atoms with Gasteiger partial charge in [-0.2, -0.15) is 0 Å². The zero-order chi connectivity index (χ0) is 13.9. The fraction of sp³-hybridized carbons (Fsp3) is 0.467. The molecule has 0 bridgehead atoms. The van der Waals surface area contributed by atoms with Crippen molar-refractivity contribution in [3.8, 4) is 0 Å². The summed E-state index contributed by atoms with van der Waals surface area (Å²) in [6.07, 6.45) is 0. The fourth-order valence-electron chi connectivity index (χ4n) is 2.73. The summed E-state index contributed by atoms with van der Waals surface area (Å²) in [5, 5.41) is 16.2. The number of aliphatic hydroxyl groups is 1. The molecule has 0 radical (unpaired) electrons. The van der Waals surface area contributed by atoms with E-state index in [2.05, 4.69) is 49.7 Å². The number of hydrogen-bond donors (Lipinski definition) is 2. The molecule has 20 heavy (non-hydrogen) atoms. The maximum atomic E-state index is 9.37. The Morgan fingerprint density at radius 3 is 3.20 bits per heavy atom. The van der Waals surface area contributed by atoms with E-state index in [4.69, 9.17) is 0 Å². The summed E-state index contributed by atoms with van der Waals surface area (Å²) < 4.78 is 2.52. The minimum Gasteiger partial charge on any atom is -0.396 e. The number of rotatable bonds is 3. The highest BCUT2D eigenvalue weighted by atomic mass is 79.9. The zero-order valence-electron chi connectivity index (χ0n) is 11.3. The van der Waals surface area contributed by atoms with Crippen molar-refractivity contribution in [2.75, 3.05) is 32.8 Å². The van der Waals surface area contributed by atoms with Crippen molar-refractivity contribution < 1.29 is 5.11 Å². The third kappa shape index (κ3) is 3.23. The van der Waals surface area contributed by atoms with Gasteiger partial charge in [-0.25, -0.2) is 0 Å². The van der Waals surface area contributed by atoms with Crippen LogP contribution in [0.2, 0.25) is 0 Å². The van der Waals surface area contributed by atoms with Gasteiger partial charge in [0.05, 0.1) is 0 Å². The standard InChI is InChI=1S/C15H19BrN2OS/c16-14-10-20-15-5-11(1-2-13(14)15)7-18-4-3-17-6-12(8-18)9-19/h1-2,5,10,12,17,19H,3-4,6-9H2. The molecule has 0 aliphatic carbocycles. The quantitative estimate of drug-likeness (QED) is 0.889. The molecule has 1 aromatic carbocycles. The number of hydrogen-bond acceptors (Lipinski definition) is 4. The number of fused-ring (bicyclic) bond motifs is 1. The monoisotopic (exact) mass is 354 g/mol. The zero-order valence-corrected chi connectivity index (χ0v) is 13.7. The van der Waals surface area contributed by atoms with Gasteiger partial charge < -0.3 is 10.4 Å². The lowest BCUT2D eigenvalue weighted by molar-refractivity contribution is 0.177. The Balaban J connectivity index is 1.74. The molecule has 1 aliphatic rings. The predicted molar refractivity (Wildman–Crippen MR) is 88.2 cm³/mol. The molecule has 1 saturated heterocycles. The molecule has 2 heterocycles. The molecule has 0 spiro atoms. The second kappa shape index (κ2) is 6.54. The van der Waals surface area contributed by atoms with Gasteiger partial charge >= 0.3 is 0 Å². The first-order chi connectivity index (χ1) is 9.76. The van der Waals surface area contributed by atoms with Gasteiger partial charge in [-0.1, -0.05) is 12.1 Å². The van der Waals surface area contributed by atoms with Crippen molar-refractivity contribution in [1.29, 1.82) is 0 Å². The van der Waals surface area contributed by atoms with Crippen LogP contribution < -0.4 is 5.32 Å². The van der Waals surface area contributed by atoms with Crippen molar-refractivity contribution in [3.63, 3.8) is 0 Å². The van der Waals surface area contributed by atoms with Crippen LogP contribution in [-0.2, 0) is 6.54 Å². The van der Waals surface area contributed by atoms with E-state index in [1.165, 1.54) is 20.1 Å². The fourth-order valence-corrected chi connectivity index (χ4v) is 4.37. The van der Waals surface area contributed by atoms with Crippen LogP contribution in [0.4, 0.5) is 0 Å². The summed E-state index contributed by atoms with van der Waals surface area (Å²) in [6.45, 7) is 5.16. The summed E-state index contributed by atoms with van der Waals surface area (Å²) >= 11 is 5.36. The Hall–Kier alpha value is -0.460. The van der Waals surface area contributed by atoms with E-state index in [0.29, 0.717) is 5.92 Å². The summed E-state index contributed by atoms with van der Waals surface area (Å²) in [4.78, 5) is 2.44. The largest absolute Gasteiger partial charge is 0.396 e. The lowest BCUT2D eigenvalue weighted by Crippen LogP contribution is -2.31. The Morgan fingerprint density at radius 1 is 1.45 bits per heavy atom. The van der Waals surface area contributed by atoms with Gasteiger partial charge in [0.15, 0.2) is 0 Å². The van der Waals surface area contributed by atoms with Crippen LogP contribution in [0.3, 0.4) is 0 Å². The lowest BCUT2D eigenvalue weighted by Gasteiger charge is -2.22. The molecule has 2 N–H and O–H groups in total. The first kappa shape index (κ1) is 14.5. The molecule has 1 atom stereocenters. The van der Waals surface area contributed by atoms with Crippen LogP contribution in [-0.4, -0.2) is 42.8 Å². The number of benzene rings is 1. The smallest absolute Gasteiger partial charge is 0.0483 e. The average Bonchev–Trinajstić information content (AvgIpc) is 2.69. The van der Waals surface area contributed by atoms with Crippen LogP contribution in [0.15, 0.2) is 28.1 Å². The van der Waals surface area contributed by atoms with Crippen LogP contribution in [0, 0.1) is 5.92 Å². The number of nitrogens with one attached hydrogen (secondary N) is 1. The Bertz CT molecular complexity index is 586. The molecule has 1 aromatic heterocycles. The van der Waals surface area contributed by atoms with E-state index < -0.39 is 0 Å². The number of aliphatic hydroxyl groups excluding tert-OH is 1. The van der Waals surface area contributed by atoms with Gasteiger partial charge in [0.1, 0.15) is 0 Å². The minimum absolute atomic E-state index is 0.264. The molecule has 1 unspecified atom stereocenters. The van der Waals surface area contributed by atoms with E-state index in [9.17, 15) is 5.11 Å². The van der Waals surface area contributed by atoms with Crippen LogP contribution in [0.25, 0.3) is 10.1 Å². The molecule has 5 heteroatoms. The SMILES string of the molecule is OCC1CNCCN(Cc2ccc3c(Br)csc3c2)C1. The van der Waals surface area contributed by atoms with E-state index >= 15 is 0 Å². The van der Waals surface area contributed by atoms with Crippen molar-refractivity contribution in [1.82, 2.24) is 10.2 Å². The van der Waals surface area contributed by atoms with E-state index in [1.807, 2.05) is 0 Å². The molecule has 2 aromatic rings. The van der Waals surface area contributed by atoms with Crippen LogP contribution in [0.5, 0.6) is 0 Å². The maximum absolute atomic E-state index is 9.37. The molecule has 3 nitrogen and oxygen atoms in total. The maximum Gasteiger partial charge on any atom is 0.0483 e. The lowest BCUT2D eigenvalue weighted by atomic mass is 10.1. The second-order valence-electron chi connectivity index (χ2n) is 5.40. The summed E-state index contributed by atoms with van der Waals surface area (Å²) in [6, 6.07) is 6.70. The highest BCUT2D eigenvalue weighted by molar-refractivity contribution is 9.10. The topological polar surface area (TPSA) is 35.5 Å². The van der Waals surface area contributed by atoms with Crippen molar-refractivity contribution >= 4 is 37.4 Å². The van der Waals surface area contributed by atoms with Gasteiger partial charge in [-0.3, -0.25) is 4.90 Å². The summed E-state index contributed by atoms with van der Waals surface area (Å²) in [5.41, 5.74) is 1.35. The first-order valence-corrected chi connectivity index (χ1v) is 8.63.